The Balaban J connectivity index is 2.32. The van der Waals surface area contributed by atoms with Crippen LogP contribution in [0, 0.1) is 0 Å². The van der Waals surface area contributed by atoms with Crippen molar-refractivity contribution < 1.29 is 9.53 Å². The van der Waals surface area contributed by atoms with Gasteiger partial charge in [-0.1, -0.05) is 13.8 Å². The molecular weight excluding hydrogens is 228 g/mol. The predicted molar refractivity (Wildman–Crippen MR) is 68.7 cm³/mol. The highest BCUT2D eigenvalue weighted by atomic mass is 16.5. The van der Waals surface area contributed by atoms with Gasteiger partial charge in [0.2, 0.25) is 0 Å². The van der Waals surface area contributed by atoms with Crippen molar-refractivity contribution in [1.29, 1.82) is 0 Å². The highest BCUT2D eigenvalue weighted by Crippen LogP contribution is 2.41. The zero-order valence-electron chi connectivity index (χ0n) is 11.3. The van der Waals surface area contributed by atoms with E-state index in [2.05, 4.69) is 23.8 Å². The maximum absolute atomic E-state index is 11.8. The summed E-state index contributed by atoms with van der Waals surface area (Å²) >= 11 is 0. The van der Waals surface area contributed by atoms with Crippen molar-refractivity contribution in [1.82, 2.24) is 9.97 Å². The van der Waals surface area contributed by atoms with Gasteiger partial charge >= 0.3 is 5.97 Å². The fraction of sp³-hybridized carbons (Fsp3) is 0.643. The third kappa shape index (κ3) is 2.68. The summed E-state index contributed by atoms with van der Waals surface area (Å²) < 4.78 is 5.05. The Kier molecular flexibility index (Phi) is 3.94. The van der Waals surface area contributed by atoms with E-state index in [1.54, 1.807) is 6.20 Å². The maximum atomic E-state index is 11.8. The quantitative estimate of drug-likeness (QED) is 0.751. The third-order valence-corrected chi connectivity index (χ3v) is 3.35. The van der Waals surface area contributed by atoms with Crippen LogP contribution in [0.5, 0.6) is 0 Å². The van der Waals surface area contributed by atoms with Crippen molar-refractivity contribution in [3.8, 4) is 0 Å². The van der Waals surface area contributed by atoms with Crippen LogP contribution in [-0.4, -0.2) is 22.5 Å². The van der Waals surface area contributed by atoms with E-state index in [9.17, 15) is 4.79 Å². The second-order valence-electron chi connectivity index (χ2n) is 4.83. The summed E-state index contributed by atoms with van der Waals surface area (Å²) in [5.41, 5.74) is 1.44. The summed E-state index contributed by atoms with van der Waals surface area (Å²) in [5.74, 6) is 1.30. The van der Waals surface area contributed by atoms with Gasteiger partial charge in [0.05, 0.1) is 17.9 Å². The second-order valence-corrected chi connectivity index (χ2v) is 4.83. The van der Waals surface area contributed by atoms with Crippen molar-refractivity contribution in [2.75, 3.05) is 6.61 Å². The van der Waals surface area contributed by atoms with Crippen molar-refractivity contribution in [2.45, 2.75) is 51.9 Å². The summed E-state index contributed by atoms with van der Waals surface area (Å²) in [6, 6.07) is 0. The number of esters is 1. The van der Waals surface area contributed by atoms with Gasteiger partial charge in [-0.25, -0.2) is 14.8 Å². The van der Waals surface area contributed by atoms with Gasteiger partial charge in [0.15, 0.2) is 0 Å². The number of hydrogen-bond donors (Lipinski definition) is 0. The van der Waals surface area contributed by atoms with Gasteiger partial charge in [-0.05, 0) is 26.2 Å². The van der Waals surface area contributed by atoms with Gasteiger partial charge in [-0.2, -0.15) is 0 Å². The number of ether oxygens (including phenoxy) is 1. The van der Waals surface area contributed by atoms with Crippen molar-refractivity contribution >= 4 is 5.97 Å². The van der Waals surface area contributed by atoms with Crippen LogP contribution in [0.3, 0.4) is 0 Å². The lowest BCUT2D eigenvalue weighted by Crippen LogP contribution is -2.12. The molecule has 0 bridgehead atoms. The van der Waals surface area contributed by atoms with Crippen molar-refractivity contribution in [2.24, 2.45) is 0 Å². The SMILES string of the molecule is CCOC(=O)c1cnc(C(C)CC)nc1C1CC1. The first-order valence-electron chi connectivity index (χ1n) is 6.71. The molecule has 0 spiro atoms. The smallest absolute Gasteiger partial charge is 0.341 e. The molecule has 2 rings (SSSR count). The molecule has 0 saturated heterocycles. The lowest BCUT2D eigenvalue weighted by Gasteiger charge is -2.11. The Hall–Kier alpha value is -1.45. The van der Waals surface area contributed by atoms with E-state index < -0.39 is 0 Å². The molecule has 0 aliphatic heterocycles. The number of carbonyl (C=O) groups excluding carboxylic acids is 1. The monoisotopic (exact) mass is 248 g/mol. The standard InChI is InChI=1S/C14H20N2O2/c1-4-9(3)13-15-8-11(14(17)18-5-2)12(16-13)10-6-7-10/h8-10H,4-7H2,1-3H3. The fourth-order valence-corrected chi connectivity index (χ4v) is 1.86. The maximum Gasteiger partial charge on any atom is 0.341 e. The van der Waals surface area contributed by atoms with Crippen LogP contribution in [0.15, 0.2) is 6.20 Å². The highest BCUT2D eigenvalue weighted by molar-refractivity contribution is 5.90. The summed E-state index contributed by atoms with van der Waals surface area (Å²) in [7, 11) is 0. The van der Waals surface area contributed by atoms with Crippen LogP contribution in [-0.2, 0) is 4.74 Å². The Morgan fingerprint density at radius 3 is 2.78 bits per heavy atom. The largest absolute Gasteiger partial charge is 0.462 e. The molecule has 1 saturated carbocycles. The number of carbonyl (C=O) groups is 1. The summed E-state index contributed by atoms with van der Waals surface area (Å²) in [6.07, 6.45) is 4.87. The molecule has 18 heavy (non-hydrogen) atoms. The Labute approximate surface area is 108 Å². The molecule has 1 heterocycles. The molecule has 4 nitrogen and oxygen atoms in total. The predicted octanol–water partition coefficient (Wildman–Crippen LogP) is 3.04. The molecule has 0 amide bonds. The van der Waals surface area contributed by atoms with Crippen LogP contribution in [0.4, 0.5) is 0 Å². The molecule has 1 unspecified atom stereocenters. The van der Waals surface area contributed by atoms with E-state index >= 15 is 0 Å². The molecule has 1 aliphatic rings. The normalized spacial score (nSPS) is 16.4. The molecule has 1 aromatic heterocycles. The van der Waals surface area contributed by atoms with E-state index in [1.807, 2.05) is 6.92 Å². The summed E-state index contributed by atoms with van der Waals surface area (Å²) in [5, 5.41) is 0. The Morgan fingerprint density at radius 1 is 1.50 bits per heavy atom. The van der Waals surface area contributed by atoms with E-state index in [0.717, 1.165) is 30.8 Å². The van der Waals surface area contributed by atoms with Crippen molar-refractivity contribution in [3.63, 3.8) is 0 Å². The zero-order chi connectivity index (χ0) is 13.1. The van der Waals surface area contributed by atoms with Gasteiger partial charge in [-0.3, -0.25) is 0 Å². The van der Waals surface area contributed by atoms with Crippen molar-refractivity contribution in [3.05, 3.63) is 23.3 Å². The fourth-order valence-electron chi connectivity index (χ4n) is 1.86. The van der Waals surface area contributed by atoms with E-state index in [4.69, 9.17) is 4.74 Å². The molecule has 0 aromatic carbocycles. The van der Waals surface area contributed by atoms with Gasteiger partial charge in [0, 0.05) is 18.0 Å². The molecular formula is C14H20N2O2. The average molecular weight is 248 g/mol. The average Bonchev–Trinajstić information content (AvgIpc) is 3.21. The zero-order valence-corrected chi connectivity index (χ0v) is 11.3. The Bertz CT molecular complexity index is 441. The van der Waals surface area contributed by atoms with Crippen LogP contribution < -0.4 is 0 Å². The van der Waals surface area contributed by atoms with E-state index in [-0.39, 0.29) is 5.97 Å². The molecule has 1 atom stereocenters. The minimum absolute atomic E-state index is 0.296. The molecule has 1 fully saturated rings. The Morgan fingerprint density at radius 2 is 2.22 bits per heavy atom. The first-order valence-corrected chi connectivity index (χ1v) is 6.71. The molecule has 1 aromatic rings. The topological polar surface area (TPSA) is 52.1 Å². The van der Waals surface area contributed by atoms with E-state index in [0.29, 0.717) is 24.0 Å². The number of hydrogen-bond acceptors (Lipinski definition) is 4. The van der Waals surface area contributed by atoms with Gasteiger partial charge in [0.1, 0.15) is 5.82 Å². The van der Waals surface area contributed by atoms with Crippen LogP contribution in [0.2, 0.25) is 0 Å². The molecule has 1 aliphatic carbocycles. The molecule has 0 radical (unpaired) electrons. The van der Waals surface area contributed by atoms with Gasteiger partial charge in [0.25, 0.3) is 0 Å². The third-order valence-electron chi connectivity index (χ3n) is 3.35. The van der Waals surface area contributed by atoms with Gasteiger partial charge < -0.3 is 4.74 Å². The second kappa shape index (κ2) is 5.46. The van der Waals surface area contributed by atoms with Crippen LogP contribution >= 0.6 is 0 Å². The van der Waals surface area contributed by atoms with Gasteiger partial charge in [-0.15, -0.1) is 0 Å². The number of aromatic nitrogens is 2. The van der Waals surface area contributed by atoms with E-state index in [1.165, 1.54) is 0 Å². The lowest BCUT2D eigenvalue weighted by molar-refractivity contribution is 0.0523. The molecule has 0 N–H and O–H groups in total. The lowest BCUT2D eigenvalue weighted by atomic mass is 10.1. The first kappa shape index (κ1) is 13.0. The summed E-state index contributed by atoms with van der Waals surface area (Å²) in [6.45, 7) is 6.42. The van der Waals surface area contributed by atoms with Crippen LogP contribution in [0.25, 0.3) is 0 Å². The van der Waals surface area contributed by atoms with Crippen LogP contribution in [0.1, 0.15) is 73.7 Å². The minimum Gasteiger partial charge on any atom is -0.462 e. The molecule has 98 valence electrons. The number of nitrogens with zero attached hydrogens (tertiary/aromatic N) is 2. The molecule has 4 heteroatoms. The summed E-state index contributed by atoms with van der Waals surface area (Å²) in [4.78, 5) is 20.8. The number of rotatable bonds is 5. The minimum atomic E-state index is -0.296. The highest BCUT2D eigenvalue weighted by Gasteiger charge is 2.31. The first-order chi connectivity index (χ1) is 8.67.